The standard InChI is InChI=1S/C36H55N7O5S2Si2/c1-26-21-31(39-40-32(26)38-35-43(25-47-19-20-51(6,7)8)29-13-11-12-14-30(29)50-35)42(34-37-28(24-49-34)33(44)45-5)22-27(41-15-17-46-18-16-41)23-48-52(9,10)36(2,3)4/h11-14,21,24,27H,15-20,22-23,25H2,1-10H3. The lowest BCUT2D eigenvalue weighted by Crippen LogP contribution is -2.53. The Bertz CT molecular complexity index is 1880. The number of ether oxygens (including phenoxy) is 3. The van der Waals surface area contributed by atoms with Crippen LogP contribution in [-0.4, -0.2) is 106 Å². The highest BCUT2D eigenvalue weighted by molar-refractivity contribution is 7.16. The minimum atomic E-state index is -2.05. The number of morpholine rings is 1. The van der Waals surface area contributed by atoms with Gasteiger partial charge in [0.15, 0.2) is 35.6 Å². The number of rotatable bonds is 15. The van der Waals surface area contributed by atoms with Crippen molar-refractivity contribution >= 4 is 72.0 Å². The molecule has 0 radical (unpaired) electrons. The molecule has 1 atom stereocenters. The number of benzene rings is 1. The van der Waals surface area contributed by atoms with Gasteiger partial charge >= 0.3 is 5.97 Å². The molecule has 12 nitrogen and oxygen atoms in total. The normalized spacial score (nSPS) is 15.7. The summed E-state index contributed by atoms with van der Waals surface area (Å²) in [5, 5.41) is 11.8. The summed E-state index contributed by atoms with van der Waals surface area (Å²) in [5.74, 6) is 0.670. The predicted molar refractivity (Wildman–Crippen MR) is 216 cm³/mol. The summed E-state index contributed by atoms with van der Waals surface area (Å²) in [6, 6.07) is 11.4. The molecule has 3 aromatic heterocycles. The summed E-state index contributed by atoms with van der Waals surface area (Å²) >= 11 is 2.98. The summed E-state index contributed by atoms with van der Waals surface area (Å²) in [7, 11) is -1.90. The fraction of sp³-hybridized carbons (Fsp3) is 0.583. The SMILES string of the molecule is COC(=O)c1csc(N(CC(CO[Si](C)(C)C(C)(C)C)N2CCOCC2)c2cc(C)c(N=c3sc4ccccc4n3COCC[Si](C)(C)C)nn2)n1. The Hall–Kier alpha value is -2.84. The molecule has 0 saturated carbocycles. The van der Waals surface area contributed by atoms with Crippen molar-refractivity contribution in [1.82, 2.24) is 24.6 Å². The lowest BCUT2D eigenvalue weighted by atomic mass is 10.2. The third-order valence-electron chi connectivity index (χ3n) is 9.74. The predicted octanol–water partition coefficient (Wildman–Crippen LogP) is 7.45. The zero-order valence-electron chi connectivity index (χ0n) is 32.4. The second-order valence-electron chi connectivity index (χ2n) is 15.9. The first-order valence-electron chi connectivity index (χ1n) is 17.9. The molecule has 0 spiro atoms. The van der Waals surface area contributed by atoms with Crippen LogP contribution in [0.1, 0.15) is 36.8 Å². The van der Waals surface area contributed by atoms with Gasteiger partial charge in [-0.3, -0.25) is 14.4 Å². The summed E-state index contributed by atoms with van der Waals surface area (Å²) in [5.41, 5.74) is 2.20. The molecular weight excluding hydrogens is 731 g/mol. The summed E-state index contributed by atoms with van der Waals surface area (Å²) in [6.45, 7) is 25.5. The first-order valence-corrected chi connectivity index (χ1v) is 26.2. The average Bonchev–Trinajstić information content (AvgIpc) is 3.72. The smallest absolute Gasteiger partial charge is 0.357 e. The zero-order valence-corrected chi connectivity index (χ0v) is 36.0. The molecule has 0 bridgehead atoms. The summed E-state index contributed by atoms with van der Waals surface area (Å²) < 4.78 is 27.0. The van der Waals surface area contributed by atoms with Gasteiger partial charge in [-0.05, 0) is 54.9 Å². The molecule has 5 rings (SSSR count). The van der Waals surface area contributed by atoms with Crippen molar-refractivity contribution in [3.05, 3.63) is 51.8 Å². The molecule has 0 amide bonds. The van der Waals surface area contributed by atoms with Crippen LogP contribution in [0, 0.1) is 6.92 Å². The summed E-state index contributed by atoms with van der Waals surface area (Å²) in [4.78, 5) is 27.5. The molecule has 0 aliphatic carbocycles. The van der Waals surface area contributed by atoms with Crippen LogP contribution in [0.3, 0.4) is 0 Å². The third kappa shape index (κ3) is 10.2. The Balaban J connectivity index is 1.50. The van der Waals surface area contributed by atoms with Crippen LogP contribution in [0.4, 0.5) is 16.8 Å². The number of carbonyl (C=O) groups excluding carboxylic acids is 1. The van der Waals surface area contributed by atoms with Crippen molar-refractivity contribution in [2.45, 2.75) is 84.3 Å². The number of anilines is 2. The highest BCUT2D eigenvalue weighted by Gasteiger charge is 2.39. The Morgan fingerprint density at radius 1 is 1.12 bits per heavy atom. The van der Waals surface area contributed by atoms with Crippen molar-refractivity contribution in [3.63, 3.8) is 0 Å². The largest absolute Gasteiger partial charge is 0.464 e. The lowest BCUT2D eigenvalue weighted by Gasteiger charge is -2.41. The van der Waals surface area contributed by atoms with E-state index in [4.69, 9.17) is 33.7 Å². The number of aromatic nitrogens is 4. The zero-order chi connectivity index (χ0) is 37.7. The van der Waals surface area contributed by atoms with Crippen LogP contribution < -0.4 is 9.70 Å². The van der Waals surface area contributed by atoms with Crippen LogP contribution in [-0.2, 0) is 25.4 Å². The fourth-order valence-electron chi connectivity index (χ4n) is 5.37. The van der Waals surface area contributed by atoms with Gasteiger partial charge in [0, 0.05) is 45.7 Å². The average molecular weight is 786 g/mol. The number of nitrogens with zero attached hydrogens (tertiary/aromatic N) is 7. The van der Waals surface area contributed by atoms with Crippen molar-refractivity contribution in [1.29, 1.82) is 0 Å². The van der Waals surface area contributed by atoms with E-state index >= 15 is 0 Å². The topological polar surface area (TPSA) is 116 Å². The van der Waals surface area contributed by atoms with E-state index in [9.17, 15) is 4.79 Å². The maximum atomic E-state index is 12.5. The molecule has 1 aliphatic heterocycles. The molecule has 1 unspecified atom stereocenters. The van der Waals surface area contributed by atoms with E-state index in [1.165, 1.54) is 18.4 Å². The van der Waals surface area contributed by atoms with Gasteiger partial charge in [0.2, 0.25) is 0 Å². The Labute approximate surface area is 318 Å². The van der Waals surface area contributed by atoms with Gasteiger partial charge in [-0.1, -0.05) is 63.9 Å². The third-order valence-corrected chi connectivity index (χ3v) is 17.9. The van der Waals surface area contributed by atoms with E-state index in [2.05, 4.69) is 80.2 Å². The monoisotopic (exact) mass is 785 g/mol. The number of para-hydroxylation sites is 1. The van der Waals surface area contributed by atoms with Gasteiger partial charge in [0.05, 0.1) is 37.1 Å². The number of hydrogen-bond donors (Lipinski definition) is 0. The molecule has 0 N–H and O–H groups in total. The van der Waals surface area contributed by atoms with Crippen LogP contribution in [0.25, 0.3) is 10.2 Å². The van der Waals surface area contributed by atoms with Crippen molar-refractivity contribution in [2.75, 3.05) is 58.1 Å². The summed E-state index contributed by atoms with van der Waals surface area (Å²) in [6.07, 6.45) is 0. The van der Waals surface area contributed by atoms with E-state index in [1.54, 1.807) is 16.7 Å². The van der Waals surface area contributed by atoms with E-state index in [1.807, 2.05) is 30.0 Å². The van der Waals surface area contributed by atoms with E-state index < -0.39 is 22.4 Å². The van der Waals surface area contributed by atoms with Crippen molar-refractivity contribution in [3.8, 4) is 0 Å². The molecule has 52 heavy (non-hydrogen) atoms. The molecule has 4 aromatic rings. The van der Waals surface area contributed by atoms with Gasteiger partial charge in [0.1, 0.15) is 6.73 Å². The number of methoxy groups -OCH3 is 1. The number of thiazole rings is 2. The lowest BCUT2D eigenvalue weighted by molar-refractivity contribution is 0.00690. The van der Waals surface area contributed by atoms with E-state index in [0.717, 1.165) is 46.3 Å². The Kier molecular flexibility index (Phi) is 13.3. The van der Waals surface area contributed by atoms with Crippen LogP contribution in [0.5, 0.6) is 0 Å². The maximum absolute atomic E-state index is 12.5. The minimum absolute atomic E-state index is 0.00780. The molecule has 16 heteroatoms. The number of esters is 1. The van der Waals surface area contributed by atoms with Crippen LogP contribution in [0.2, 0.25) is 43.8 Å². The number of hydrogen-bond acceptors (Lipinski definition) is 13. The fourth-order valence-corrected chi connectivity index (χ4v) is 9.00. The van der Waals surface area contributed by atoms with Gasteiger partial charge in [0.25, 0.3) is 0 Å². The van der Waals surface area contributed by atoms with Crippen LogP contribution in [0.15, 0.2) is 40.7 Å². The Morgan fingerprint density at radius 3 is 2.52 bits per heavy atom. The van der Waals surface area contributed by atoms with Gasteiger partial charge in [-0.15, -0.1) is 21.5 Å². The number of fused-ring (bicyclic) bond motifs is 1. The van der Waals surface area contributed by atoms with Gasteiger partial charge in [-0.25, -0.2) is 9.78 Å². The maximum Gasteiger partial charge on any atom is 0.357 e. The van der Waals surface area contributed by atoms with Crippen molar-refractivity contribution < 1.29 is 23.4 Å². The molecule has 1 aromatic carbocycles. The minimum Gasteiger partial charge on any atom is -0.464 e. The van der Waals surface area contributed by atoms with E-state index in [-0.39, 0.29) is 16.8 Å². The Morgan fingerprint density at radius 2 is 1.85 bits per heavy atom. The first-order chi connectivity index (χ1) is 24.6. The quantitative estimate of drug-likeness (QED) is 0.0684. The van der Waals surface area contributed by atoms with Gasteiger partial charge in [-0.2, -0.15) is 4.99 Å². The van der Waals surface area contributed by atoms with Crippen molar-refractivity contribution in [2.24, 2.45) is 4.99 Å². The van der Waals surface area contributed by atoms with Gasteiger partial charge < -0.3 is 18.6 Å². The molecule has 1 saturated heterocycles. The second-order valence-corrected chi connectivity index (χ2v) is 28.2. The number of aryl methyl sites for hydroxylation is 1. The highest BCUT2D eigenvalue weighted by atomic mass is 32.1. The van der Waals surface area contributed by atoms with Crippen LogP contribution >= 0.6 is 22.7 Å². The highest BCUT2D eigenvalue weighted by Crippen LogP contribution is 2.37. The number of carbonyl (C=O) groups is 1. The molecule has 1 aliphatic rings. The van der Waals surface area contributed by atoms with E-state index in [0.29, 0.717) is 49.9 Å². The molecule has 4 heterocycles. The molecule has 1 fully saturated rings. The first kappa shape index (κ1) is 40.4. The second kappa shape index (κ2) is 17.1. The molecule has 284 valence electrons. The molecular formula is C36H55N7O5S2Si2.